The maximum atomic E-state index is 10.4. The summed E-state index contributed by atoms with van der Waals surface area (Å²) < 4.78 is 0. The molecule has 2 heterocycles. The number of hydrogen-bond acceptors (Lipinski definition) is 2. The molecule has 1 atom stereocenters. The summed E-state index contributed by atoms with van der Waals surface area (Å²) in [6, 6.07) is 0. The summed E-state index contributed by atoms with van der Waals surface area (Å²) >= 11 is 0. The Balaban J connectivity index is 2.21. The highest BCUT2D eigenvalue weighted by Gasteiger charge is 2.29. The number of likely N-dealkylation sites (tertiary alicyclic amines) is 1. The second-order valence-corrected chi connectivity index (χ2v) is 2.76. The fraction of sp³-hybridized carbons (Fsp3) is 0.571. The fourth-order valence-electron chi connectivity index (χ4n) is 1.63. The number of rotatable bonds is 1. The molecule has 1 amide bonds. The number of carbonyl (C=O) groups excluding carboxylic acids is 1. The van der Waals surface area contributed by atoms with E-state index in [2.05, 4.69) is 5.32 Å². The van der Waals surface area contributed by atoms with Crippen molar-refractivity contribution in [1.29, 1.82) is 0 Å². The van der Waals surface area contributed by atoms with E-state index in [0.717, 1.165) is 25.9 Å². The van der Waals surface area contributed by atoms with Crippen molar-refractivity contribution in [3.63, 3.8) is 0 Å². The van der Waals surface area contributed by atoms with Crippen LogP contribution in [0, 0.1) is 5.92 Å². The van der Waals surface area contributed by atoms with Gasteiger partial charge in [0.2, 0.25) is 6.41 Å². The molecule has 2 aliphatic heterocycles. The van der Waals surface area contributed by atoms with Gasteiger partial charge in [0.05, 0.1) is 0 Å². The molecule has 0 aromatic heterocycles. The largest absolute Gasteiger partial charge is 0.389 e. The standard InChI is InChI=1S/C7H10N2O/c10-5-9-2-1-6-3-8-4-7(6)9/h4-6,8H,1-3H2. The van der Waals surface area contributed by atoms with Crippen molar-refractivity contribution in [1.82, 2.24) is 10.2 Å². The molecule has 1 saturated heterocycles. The maximum absolute atomic E-state index is 10.4. The van der Waals surface area contributed by atoms with Crippen LogP contribution in [0.1, 0.15) is 6.42 Å². The minimum atomic E-state index is 0.602. The summed E-state index contributed by atoms with van der Waals surface area (Å²) in [6.07, 6.45) is 3.99. The molecule has 0 aromatic rings. The molecule has 0 aliphatic carbocycles. The van der Waals surface area contributed by atoms with Gasteiger partial charge in [-0.15, -0.1) is 0 Å². The normalized spacial score (nSPS) is 29.4. The van der Waals surface area contributed by atoms with E-state index in [1.807, 2.05) is 6.20 Å². The Morgan fingerprint density at radius 3 is 3.50 bits per heavy atom. The van der Waals surface area contributed by atoms with Crippen LogP contribution < -0.4 is 5.32 Å². The molecule has 54 valence electrons. The van der Waals surface area contributed by atoms with Gasteiger partial charge in [0, 0.05) is 30.9 Å². The third kappa shape index (κ3) is 0.632. The van der Waals surface area contributed by atoms with E-state index in [1.54, 1.807) is 4.90 Å². The lowest BCUT2D eigenvalue weighted by atomic mass is 10.1. The molecule has 0 bridgehead atoms. The number of nitrogens with one attached hydrogen (secondary N) is 1. The van der Waals surface area contributed by atoms with Crippen molar-refractivity contribution in [2.75, 3.05) is 13.1 Å². The quantitative estimate of drug-likeness (QED) is 0.513. The Labute approximate surface area is 59.7 Å². The zero-order chi connectivity index (χ0) is 6.97. The van der Waals surface area contributed by atoms with Crippen LogP contribution in [0.25, 0.3) is 0 Å². The molecule has 1 unspecified atom stereocenters. The van der Waals surface area contributed by atoms with E-state index in [9.17, 15) is 4.79 Å². The van der Waals surface area contributed by atoms with Gasteiger partial charge in [-0.2, -0.15) is 0 Å². The number of carbonyl (C=O) groups is 1. The van der Waals surface area contributed by atoms with Crippen molar-refractivity contribution < 1.29 is 4.79 Å². The van der Waals surface area contributed by atoms with Crippen LogP contribution in [-0.4, -0.2) is 24.4 Å². The summed E-state index contributed by atoms with van der Waals surface area (Å²) in [4.78, 5) is 12.2. The average molecular weight is 138 g/mol. The molecule has 1 fully saturated rings. The van der Waals surface area contributed by atoms with Crippen LogP contribution in [0.2, 0.25) is 0 Å². The molecule has 0 aromatic carbocycles. The van der Waals surface area contributed by atoms with Crippen LogP contribution in [-0.2, 0) is 4.79 Å². The Bertz CT molecular complexity index is 188. The molecular weight excluding hydrogens is 128 g/mol. The first-order valence-electron chi connectivity index (χ1n) is 3.57. The first kappa shape index (κ1) is 5.77. The summed E-state index contributed by atoms with van der Waals surface area (Å²) in [5, 5.41) is 3.13. The molecule has 10 heavy (non-hydrogen) atoms. The van der Waals surface area contributed by atoms with E-state index in [4.69, 9.17) is 0 Å². The minimum Gasteiger partial charge on any atom is -0.389 e. The molecule has 2 rings (SSSR count). The Morgan fingerprint density at radius 1 is 1.80 bits per heavy atom. The van der Waals surface area contributed by atoms with Gasteiger partial charge >= 0.3 is 0 Å². The summed E-state index contributed by atoms with van der Waals surface area (Å²) in [6.45, 7) is 1.92. The SMILES string of the molecule is O=CN1CCC2CNC=C21. The highest BCUT2D eigenvalue weighted by molar-refractivity contribution is 5.53. The molecule has 0 radical (unpaired) electrons. The highest BCUT2D eigenvalue weighted by atomic mass is 16.1. The molecule has 2 aliphatic rings. The predicted octanol–water partition coefficient (Wildman–Crippen LogP) is -0.0907. The van der Waals surface area contributed by atoms with Crippen LogP contribution in [0.4, 0.5) is 0 Å². The Kier molecular flexibility index (Phi) is 1.16. The van der Waals surface area contributed by atoms with E-state index in [1.165, 1.54) is 5.70 Å². The van der Waals surface area contributed by atoms with E-state index >= 15 is 0 Å². The first-order valence-corrected chi connectivity index (χ1v) is 3.57. The lowest BCUT2D eigenvalue weighted by Gasteiger charge is -2.08. The monoisotopic (exact) mass is 138 g/mol. The summed E-state index contributed by atoms with van der Waals surface area (Å²) in [5.74, 6) is 0.602. The van der Waals surface area contributed by atoms with Crippen molar-refractivity contribution in [3.8, 4) is 0 Å². The average Bonchev–Trinajstić information content (AvgIpc) is 2.44. The van der Waals surface area contributed by atoms with Crippen molar-refractivity contribution in [3.05, 3.63) is 11.9 Å². The fourth-order valence-corrected chi connectivity index (χ4v) is 1.63. The maximum Gasteiger partial charge on any atom is 0.213 e. The third-order valence-corrected chi connectivity index (χ3v) is 2.21. The second-order valence-electron chi connectivity index (χ2n) is 2.76. The zero-order valence-electron chi connectivity index (χ0n) is 5.71. The summed E-state index contributed by atoms with van der Waals surface area (Å²) in [5.41, 5.74) is 1.18. The van der Waals surface area contributed by atoms with Gasteiger partial charge in [-0.1, -0.05) is 0 Å². The summed E-state index contributed by atoms with van der Waals surface area (Å²) in [7, 11) is 0. The van der Waals surface area contributed by atoms with Crippen LogP contribution >= 0.6 is 0 Å². The number of fused-ring (bicyclic) bond motifs is 1. The van der Waals surface area contributed by atoms with E-state index < -0.39 is 0 Å². The zero-order valence-corrected chi connectivity index (χ0v) is 5.71. The lowest BCUT2D eigenvalue weighted by Crippen LogP contribution is -2.15. The molecular formula is C7H10N2O. The van der Waals surface area contributed by atoms with Crippen molar-refractivity contribution >= 4 is 6.41 Å². The van der Waals surface area contributed by atoms with Crippen LogP contribution in [0.5, 0.6) is 0 Å². The number of nitrogens with zero attached hydrogens (tertiary/aromatic N) is 1. The highest BCUT2D eigenvalue weighted by Crippen LogP contribution is 2.28. The molecule has 1 N–H and O–H groups in total. The van der Waals surface area contributed by atoms with Crippen molar-refractivity contribution in [2.24, 2.45) is 5.92 Å². The smallest absolute Gasteiger partial charge is 0.213 e. The van der Waals surface area contributed by atoms with Gasteiger partial charge in [-0.3, -0.25) is 4.79 Å². The van der Waals surface area contributed by atoms with Crippen molar-refractivity contribution in [2.45, 2.75) is 6.42 Å². The minimum absolute atomic E-state index is 0.602. The van der Waals surface area contributed by atoms with Gasteiger partial charge in [0.15, 0.2) is 0 Å². The molecule has 3 nitrogen and oxygen atoms in total. The Morgan fingerprint density at radius 2 is 2.70 bits per heavy atom. The number of amides is 1. The van der Waals surface area contributed by atoms with Gasteiger partial charge in [0.1, 0.15) is 0 Å². The first-order chi connectivity index (χ1) is 4.92. The van der Waals surface area contributed by atoms with E-state index in [-0.39, 0.29) is 0 Å². The molecule has 0 saturated carbocycles. The lowest BCUT2D eigenvalue weighted by molar-refractivity contribution is -0.115. The number of hydrogen-bond donors (Lipinski definition) is 1. The van der Waals surface area contributed by atoms with Gasteiger partial charge < -0.3 is 10.2 Å². The van der Waals surface area contributed by atoms with Crippen LogP contribution in [0.15, 0.2) is 11.9 Å². The molecule has 3 heteroatoms. The predicted molar refractivity (Wildman–Crippen MR) is 37.0 cm³/mol. The topological polar surface area (TPSA) is 32.3 Å². The van der Waals surface area contributed by atoms with Crippen LogP contribution in [0.3, 0.4) is 0 Å². The second kappa shape index (κ2) is 2.01. The van der Waals surface area contributed by atoms with Gasteiger partial charge in [0.25, 0.3) is 0 Å². The van der Waals surface area contributed by atoms with E-state index in [0.29, 0.717) is 5.92 Å². The van der Waals surface area contributed by atoms with Gasteiger partial charge in [-0.25, -0.2) is 0 Å². The molecule has 0 spiro atoms. The van der Waals surface area contributed by atoms with Gasteiger partial charge in [-0.05, 0) is 6.42 Å². The third-order valence-electron chi connectivity index (χ3n) is 2.21. The Hall–Kier alpha value is -0.990.